The minimum atomic E-state index is -0.432. The molecular formula is C12H12ClFN2OS. The van der Waals surface area contributed by atoms with Crippen molar-refractivity contribution in [3.63, 3.8) is 0 Å². The minimum absolute atomic E-state index is 0.0782. The van der Waals surface area contributed by atoms with E-state index in [0.717, 1.165) is 17.5 Å². The number of nitrogens with one attached hydrogen (secondary N) is 1. The van der Waals surface area contributed by atoms with Crippen LogP contribution in [0, 0.1) is 10.6 Å². The van der Waals surface area contributed by atoms with Crippen LogP contribution >= 0.6 is 23.8 Å². The van der Waals surface area contributed by atoms with Crippen LogP contribution in [0.2, 0.25) is 5.02 Å². The van der Waals surface area contributed by atoms with Gasteiger partial charge in [-0.2, -0.15) is 0 Å². The second-order valence-electron chi connectivity index (χ2n) is 4.52. The molecule has 96 valence electrons. The molecule has 1 aromatic heterocycles. The van der Waals surface area contributed by atoms with Gasteiger partial charge in [-0.15, -0.1) is 0 Å². The summed E-state index contributed by atoms with van der Waals surface area (Å²) < 4.78 is 21.7. The summed E-state index contributed by atoms with van der Waals surface area (Å²) in [5.74, 6) is -0.432. The molecule has 0 radical (unpaired) electrons. The maximum atomic E-state index is 13.6. The number of imidazole rings is 1. The highest BCUT2D eigenvalue weighted by Crippen LogP contribution is 2.31. The van der Waals surface area contributed by atoms with Crippen LogP contribution in [0.25, 0.3) is 11.0 Å². The monoisotopic (exact) mass is 286 g/mol. The molecule has 0 amide bonds. The lowest BCUT2D eigenvalue weighted by Gasteiger charge is -2.16. The van der Waals surface area contributed by atoms with E-state index in [1.54, 1.807) is 6.07 Å². The molecule has 0 spiro atoms. The summed E-state index contributed by atoms with van der Waals surface area (Å²) in [5, 5.41) is 0.0987. The average Bonchev–Trinajstić information content (AvgIpc) is 2.83. The zero-order chi connectivity index (χ0) is 12.9. The molecule has 0 aliphatic carbocycles. The Kier molecular flexibility index (Phi) is 2.92. The van der Waals surface area contributed by atoms with E-state index in [0.29, 0.717) is 11.4 Å². The van der Waals surface area contributed by atoms with Crippen LogP contribution < -0.4 is 0 Å². The molecule has 3 nitrogen and oxygen atoms in total. The summed E-state index contributed by atoms with van der Waals surface area (Å²) in [5.41, 5.74) is 1.50. The molecule has 0 bridgehead atoms. The maximum Gasteiger partial charge on any atom is 0.178 e. The number of hydrogen-bond acceptors (Lipinski definition) is 2. The summed E-state index contributed by atoms with van der Waals surface area (Å²) in [6, 6.07) is 3.14. The first-order valence-electron chi connectivity index (χ1n) is 5.79. The van der Waals surface area contributed by atoms with Crippen molar-refractivity contribution in [3.05, 3.63) is 27.7 Å². The summed E-state index contributed by atoms with van der Waals surface area (Å²) >= 11 is 11.1. The van der Waals surface area contributed by atoms with Crippen LogP contribution in [-0.2, 0) is 4.74 Å². The predicted octanol–water partition coefficient (Wildman–Crippen LogP) is 3.84. The van der Waals surface area contributed by atoms with Gasteiger partial charge >= 0.3 is 0 Å². The Balaban J connectivity index is 2.25. The second-order valence-corrected chi connectivity index (χ2v) is 5.31. The van der Waals surface area contributed by atoms with Crippen molar-refractivity contribution in [2.24, 2.45) is 0 Å². The number of hydrogen-bond donors (Lipinski definition) is 1. The number of H-pyrrole nitrogens is 1. The molecule has 1 N–H and O–H groups in total. The van der Waals surface area contributed by atoms with Crippen molar-refractivity contribution in [3.8, 4) is 0 Å². The predicted molar refractivity (Wildman–Crippen MR) is 71.2 cm³/mol. The molecule has 18 heavy (non-hydrogen) atoms. The topological polar surface area (TPSA) is 29.9 Å². The van der Waals surface area contributed by atoms with Crippen LogP contribution in [0.4, 0.5) is 4.39 Å². The van der Waals surface area contributed by atoms with Crippen LogP contribution in [0.3, 0.4) is 0 Å². The molecule has 2 atom stereocenters. The van der Waals surface area contributed by atoms with E-state index in [1.165, 1.54) is 6.07 Å². The zero-order valence-corrected chi connectivity index (χ0v) is 11.3. The second kappa shape index (κ2) is 4.33. The van der Waals surface area contributed by atoms with Crippen LogP contribution in [0.15, 0.2) is 12.1 Å². The highest BCUT2D eigenvalue weighted by Gasteiger charge is 2.28. The standard InChI is InChI=1S/C12H12ClFN2OS/c1-6-10(2-3-17-6)16-11-5-8(14)7(13)4-9(11)15-12(16)18/h4-6,10H,2-3H2,1H3,(H,15,18). The Bertz CT molecular complexity index is 666. The third-order valence-corrected chi connectivity index (χ3v) is 4.01. The number of benzene rings is 1. The minimum Gasteiger partial charge on any atom is -0.376 e. The molecule has 2 heterocycles. The smallest absolute Gasteiger partial charge is 0.178 e. The quantitative estimate of drug-likeness (QED) is 0.807. The van der Waals surface area contributed by atoms with Gasteiger partial charge in [0.2, 0.25) is 0 Å². The van der Waals surface area contributed by atoms with E-state index in [1.807, 2.05) is 11.5 Å². The van der Waals surface area contributed by atoms with E-state index in [2.05, 4.69) is 4.98 Å². The summed E-state index contributed by atoms with van der Waals surface area (Å²) in [4.78, 5) is 3.06. The number of aromatic nitrogens is 2. The van der Waals surface area contributed by atoms with E-state index in [4.69, 9.17) is 28.6 Å². The molecule has 6 heteroatoms. The molecule has 0 saturated carbocycles. The molecule has 1 aliphatic heterocycles. The van der Waals surface area contributed by atoms with Gasteiger partial charge in [-0.25, -0.2) is 4.39 Å². The third kappa shape index (κ3) is 1.77. The van der Waals surface area contributed by atoms with Gasteiger partial charge in [-0.05, 0) is 31.6 Å². The lowest BCUT2D eigenvalue weighted by molar-refractivity contribution is 0.108. The van der Waals surface area contributed by atoms with Crippen LogP contribution in [0.1, 0.15) is 19.4 Å². The van der Waals surface area contributed by atoms with E-state index in [-0.39, 0.29) is 17.2 Å². The number of rotatable bonds is 1. The molecule has 1 fully saturated rings. The first-order chi connectivity index (χ1) is 8.58. The molecule has 3 rings (SSSR count). The Morgan fingerprint density at radius 2 is 2.33 bits per heavy atom. The maximum absolute atomic E-state index is 13.6. The van der Waals surface area contributed by atoms with Gasteiger partial charge in [0.05, 0.1) is 28.2 Å². The number of ether oxygens (including phenoxy) is 1. The van der Waals surface area contributed by atoms with Crippen LogP contribution in [0.5, 0.6) is 0 Å². The van der Waals surface area contributed by atoms with E-state index in [9.17, 15) is 4.39 Å². The Labute approximate surface area is 114 Å². The molecule has 1 saturated heterocycles. The molecular weight excluding hydrogens is 275 g/mol. The fourth-order valence-corrected chi connectivity index (χ4v) is 3.02. The summed E-state index contributed by atoms with van der Waals surface area (Å²) in [6.45, 7) is 2.71. The molecule has 2 aromatic rings. The summed E-state index contributed by atoms with van der Waals surface area (Å²) in [7, 11) is 0. The van der Waals surface area contributed by atoms with E-state index >= 15 is 0 Å². The fourth-order valence-electron chi connectivity index (χ4n) is 2.51. The molecule has 1 aromatic carbocycles. The summed E-state index contributed by atoms with van der Waals surface area (Å²) in [6.07, 6.45) is 0.960. The van der Waals surface area contributed by atoms with Gasteiger partial charge in [0.15, 0.2) is 4.77 Å². The van der Waals surface area contributed by atoms with Crippen LogP contribution in [-0.4, -0.2) is 22.3 Å². The van der Waals surface area contributed by atoms with Gasteiger partial charge in [-0.3, -0.25) is 0 Å². The van der Waals surface area contributed by atoms with Crippen molar-refractivity contribution in [2.45, 2.75) is 25.5 Å². The third-order valence-electron chi connectivity index (χ3n) is 3.43. The number of nitrogens with zero attached hydrogens (tertiary/aromatic N) is 1. The van der Waals surface area contributed by atoms with Gasteiger partial charge < -0.3 is 14.3 Å². The highest BCUT2D eigenvalue weighted by molar-refractivity contribution is 7.71. The van der Waals surface area contributed by atoms with Gasteiger partial charge in [0, 0.05) is 12.7 Å². The van der Waals surface area contributed by atoms with Gasteiger partial charge in [0.25, 0.3) is 0 Å². The Morgan fingerprint density at radius 1 is 1.56 bits per heavy atom. The van der Waals surface area contributed by atoms with Gasteiger partial charge in [0.1, 0.15) is 5.82 Å². The van der Waals surface area contributed by atoms with Crippen molar-refractivity contribution >= 4 is 34.9 Å². The molecule has 2 unspecified atom stereocenters. The van der Waals surface area contributed by atoms with Gasteiger partial charge in [-0.1, -0.05) is 11.6 Å². The largest absolute Gasteiger partial charge is 0.376 e. The molecule has 1 aliphatic rings. The first kappa shape index (κ1) is 12.1. The number of fused-ring (bicyclic) bond motifs is 1. The highest BCUT2D eigenvalue weighted by atomic mass is 35.5. The number of halogens is 2. The Hall–Kier alpha value is -0.910. The van der Waals surface area contributed by atoms with Crippen molar-refractivity contribution < 1.29 is 9.13 Å². The first-order valence-corrected chi connectivity index (χ1v) is 6.57. The lowest BCUT2D eigenvalue weighted by atomic mass is 10.1. The average molecular weight is 287 g/mol. The van der Waals surface area contributed by atoms with Crippen molar-refractivity contribution in [2.75, 3.05) is 6.61 Å². The number of aromatic amines is 1. The normalized spacial score (nSPS) is 23.9. The fraction of sp³-hybridized carbons (Fsp3) is 0.417. The van der Waals surface area contributed by atoms with Crippen molar-refractivity contribution in [1.29, 1.82) is 0 Å². The Morgan fingerprint density at radius 3 is 3.00 bits per heavy atom. The lowest BCUT2D eigenvalue weighted by Crippen LogP contribution is -2.16. The van der Waals surface area contributed by atoms with E-state index < -0.39 is 5.82 Å². The van der Waals surface area contributed by atoms with Crippen molar-refractivity contribution in [1.82, 2.24) is 9.55 Å². The zero-order valence-electron chi connectivity index (χ0n) is 9.74. The SMILES string of the molecule is CC1OCCC1n1c(=S)[nH]c2cc(Cl)c(F)cc21.